The van der Waals surface area contributed by atoms with E-state index in [1.54, 1.807) is 24.5 Å². The first-order valence-corrected chi connectivity index (χ1v) is 6.70. The summed E-state index contributed by atoms with van der Waals surface area (Å²) in [6.07, 6.45) is 5.52. The Balaban J connectivity index is 2.13. The molecule has 0 saturated heterocycles. The molecule has 3 rings (SSSR count). The van der Waals surface area contributed by atoms with Crippen molar-refractivity contribution in [3.8, 4) is 5.75 Å². The van der Waals surface area contributed by atoms with Crippen molar-refractivity contribution in [1.29, 1.82) is 0 Å². The number of rotatable bonds is 2. The number of hydrogen-bond acceptors (Lipinski definition) is 4. The van der Waals surface area contributed by atoms with Crippen molar-refractivity contribution in [2.24, 2.45) is 0 Å². The summed E-state index contributed by atoms with van der Waals surface area (Å²) in [6.45, 7) is 1.98. The van der Waals surface area contributed by atoms with Gasteiger partial charge in [0.15, 0.2) is 0 Å². The van der Waals surface area contributed by atoms with Gasteiger partial charge in [-0.15, -0.1) is 0 Å². The summed E-state index contributed by atoms with van der Waals surface area (Å²) in [7, 11) is 1.37. The summed E-state index contributed by atoms with van der Waals surface area (Å²) >= 11 is 0. The zero-order chi connectivity index (χ0) is 14.8. The Hall–Kier alpha value is -2.62. The summed E-state index contributed by atoms with van der Waals surface area (Å²) in [5.41, 5.74) is 3.48. The molecule has 1 unspecified atom stereocenters. The first-order chi connectivity index (χ1) is 10.2. The van der Waals surface area contributed by atoms with E-state index in [4.69, 9.17) is 9.47 Å². The smallest absolute Gasteiger partial charge is 0.337 e. The molecular weight excluding hydrogens is 266 g/mol. The Bertz CT molecular complexity index is 707. The van der Waals surface area contributed by atoms with Gasteiger partial charge >= 0.3 is 5.97 Å². The van der Waals surface area contributed by atoms with Gasteiger partial charge in [0.05, 0.1) is 12.7 Å². The minimum Gasteiger partial charge on any atom is -0.486 e. The molecule has 0 saturated carbocycles. The third kappa shape index (κ3) is 2.52. The first kappa shape index (κ1) is 13.4. The van der Waals surface area contributed by atoms with E-state index in [1.807, 2.05) is 31.2 Å². The lowest BCUT2D eigenvalue weighted by Gasteiger charge is -2.24. The highest BCUT2D eigenvalue weighted by molar-refractivity contribution is 5.93. The van der Waals surface area contributed by atoms with E-state index >= 15 is 0 Å². The molecule has 1 aliphatic rings. The minimum absolute atomic E-state index is 0.0235. The number of fused-ring (bicyclic) bond motifs is 1. The number of ether oxygens (including phenoxy) is 2. The van der Waals surface area contributed by atoms with Gasteiger partial charge in [-0.3, -0.25) is 4.98 Å². The fourth-order valence-corrected chi connectivity index (χ4v) is 2.43. The number of nitrogens with zero attached hydrogens (tertiary/aromatic N) is 1. The van der Waals surface area contributed by atoms with Crippen molar-refractivity contribution >= 4 is 11.5 Å². The van der Waals surface area contributed by atoms with Crippen LogP contribution in [-0.4, -0.2) is 24.2 Å². The molecule has 0 N–H and O–H groups in total. The number of aromatic nitrogens is 1. The molecule has 2 heterocycles. The second-order valence-corrected chi connectivity index (χ2v) is 4.84. The topological polar surface area (TPSA) is 48.4 Å². The lowest BCUT2D eigenvalue weighted by molar-refractivity contribution is 0.0600. The monoisotopic (exact) mass is 281 g/mol. The van der Waals surface area contributed by atoms with Crippen LogP contribution in [0.2, 0.25) is 0 Å². The van der Waals surface area contributed by atoms with Crippen LogP contribution in [0, 0.1) is 0 Å². The van der Waals surface area contributed by atoms with Crippen molar-refractivity contribution in [3.63, 3.8) is 0 Å². The van der Waals surface area contributed by atoms with Crippen molar-refractivity contribution in [1.82, 2.24) is 4.98 Å². The molecule has 0 radical (unpaired) electrons. The summed E-state index contributed by atoms with van der Waals surface area (Å²) in [5.74, 6) is 0.412. The predicted octanol–water partition coefficient (Wildman–Crippen LogP) is 3.08. The van der Waals surface area contributed by atoms with E-state index in [0.717, 1.165) is 22.4 Å². The molecular formula is C17H15NO3. The Morgan fingerprint density at radius 3 is 2.71 bits per heavy atom. The van der Waals surface area contributed by atoms with Gasteiger partial charge in [0.2, 0.25) is 0 Å². The molecule has 1 aromatic heterocycles. The molecule has 1 atom stereocenters. The minimum atomic E-state index is -0.356. The maximum absolute atomic E-state index is 11.7. The summed E-state index contributed by atoms with van der Waals surface area (Å²) in [6, 6.07) is 9.22. The third-order valence-electron chi connectivity index (χ3n) is 3.40. The molecule has 21 heavy (non-hydrogen) atoms. The van der Waals surface area contributed by atoms with Crippen LogP contribution >= 0.6 is 0 Å². The largest absolute Gasteiger partial charge is 0.486 e. The van der Waals surface area contributed by atoms with Crippen LogP contribution in [0.25, 0.3) is 5.57 Å². The third-order valence-corrected chi connectivity index (χ3v) is 3.40. The van der Waals surface area contributed by atoms with E-state index < -0.39 is 0 Å². The van der Waals surface area contributed by atoms with E-state index in [-0.39, 0.29) is 12.1 Å². The Morgan fingerprint density at radius 1 is 1.24 bits per heavy atom. The second kappa shape index (κ2) is 5.40. The lowest BCUT2D eigenvalue weighted by Crippen LogP contribution is -2.16. The molecule has 0 aliphatic carbocycles. The molecule has 2 aromatic rings. The summed E-state index contributed by atoms with van der Waals surface area (Å²) < 4.78 is 10.6. The van der Waals surface area contributed by atoms with Gasteiger partial charge in [0.1, 0.15) is 11.9 Å². The number of carbonyl (C=O) groups is 1. The van der Waals surface area contributed by atoms with Crippen LogP contribution in [0.3, 0.4) is 0 Å². The van der Waals surface area contributed by atoms with Gasteiger partial charge in [-0.1, -0.05) is 0 Å². The number of pyridine rings is 1. The highest BCUT2D eigenvalue weighted by Gasteiger charge is 2.21. The second-order valence-electron chi connectivity index (χ2n) is 4.84. The maximum Gasteiger partial charge on any atom is 0.337 e. The van der Waals surface area contributed by atoms with Gasteiger partial charge in [0, 0.05) is 18.0 Å². The standard InChI is InChI=1S/C17H15NO3/c1-11-9-14(12-5-7-18-8-6-12)15-10-13(17(19)20-2)3-4-16(15)21-11/h3-11H,1-2H3. The SMILES string of the molecule is COC(=O)c1ccc2c(c1)C(c1ccncc1)=CC(C)O2. The quantitative estimate of drug-likeness (QED) is 0.794. The maximum atomic E-state index is 11.7. The highest BCUT2D eigenvalue weighted by atomic mass is 16.5. The Labute approximate surface area is 123 Å². The van der Waals surface area contributed by atoms with Gasteiger partial charge in [0.25, 0.3) is 0 Å². The summed E-state index contributed by atoms with van der Waals surface area (Å²) in [4.78, 5) is 15.8. The molecule has 0 spiro atoms. The van der Waals surface area contributed by atoms with Crippen LogP contribution in [0.15, 0.2) is 48.8 Å². The van der Waals surface area contributed by atoms with E-state index in [1.165, 1.54) is 7.11 Å². The zero-order valence-electron chi connectivity index (χ0n) is 11.9. The average molecular weight is 281 g/mol. The zero-order valence-corrected chi connectivity index (χ0v) is 11.9. The van der Waals surface area contributed by atoms with Crippen LogP contribution in [0.5, 0.6) is 5.75 Å². The van der Waals surface area contributed by atoms with Crippen LogP contribution in [0.4, 0.5) is 0 Å². The predicted molar refractivity (Wildman–Crippen MR) is 79.2 cm³/mol. The number of esters is 1. The van der Waals surface area contributed by atoms with Crippen LogP contribution in [0.1, 0.15) is 28.4 Å². The van der Waals surface area contributed by atoms with Crippen molar-refractivity contribution in [2.75, 3.05) is 7.11 Å². The molecule has 1 aliphatic heterocycles. The van der Waals surface area contributed by atoms with Crippen molar-refractivity contribution in [3.05, 3.63) is 65.5 Å². The van der Waals surface area contributed by atoms with Crippen LogP contribution in [-0.2, 0) is 4.74 Å². The number of methoxy groups -OCH3 is 1. The van der Waals surface area contributed by atoms with E-state index in [2.05, 4.69) is 4.98 Å². The fraction of sp³-hybridized carbons (Fsp3) is 0.176. The van der Waals surface area contributed by atoms with Crippen molar-refractivity contribution in [2.45, 2.75) is 13.0 Å². The molecule has 4 heteroatoms. The highest BCUT2D eigenvalue weighted by Crippen LogP contribution is 2.36. The van der Waals surface area contributed by atoms with Crippen LogP contribution < -0.4 is 4.74 Å². The van der Waals surface area contributed by atoms with Gasteiger partial charge in [-0.05, 0) is 54.5 Å². The average Bonchev–Trinajstić information content (AvgIpc) is 2.53. The molecule has 106 valence electrons. The van der Waals surface area contributed by atoms with Gasteiger partial charge in [-0.25, -0.2) is 4.79 Å². The number of hydrogen-bond donors (Lipinski definition) is 0. The molecule has 0 amide bonds. The number of carbonyl (C=O) groups excluding carboxylic acids is 1. The first-order valence-electron chi connectivity index (χ1n) is 6.70. The number of benzene rings is 1. The van der Waals surface area contributed by atoms with Gasteiger partial charge < -0.3 is 9.47 Å². The molecule has 4 nitrogen and oxygen atoms in total. The molecule has 0 fully saturated rings. The molecule has 1 aromatic carbocycles. The van der Waals surface area contributed by atoms with E-state index in [9.17, 15) is 4.79 Å². The molecule has 0 bridgehead atoms. The van der Waals surface area contributed by atoms with Gasteiger partial charge in [-0.2, -0.15) is 0 Å². The summed E-state index contributed by atoms with van der Waals surface area (Å²) in [5, 5.41) is 0. The fourth-order valence-electron chi connectivity index (χ4n) is 2.43. The van der Waals surface area contributed by atoms with E-state index in [0.29, 0.717) is 5.56 Å². The van der Waals surface area contributed by atoms with Crippen molar-refractivity contribution < 1.29 is 14.3 Å². The Kier molecular flexibility index (Phi) is 3.44. The Morgan fingerprint density at radius 2 is 2.00 bits per heavy atom. The normalized spacial score (nSPS) is 16.5. The lowest BCUT2D eigenvalue weighted by atomic mass is 9.93.